The lowest BCUT2D eigenvalue weighted by Crippen LogP contribution is -2.41. The topological polar surface area (TPSA) is 61.4 Å². The van der Waals surface area contributed by atoms with Crippen LogP contribution < -0.4 is 10.6 Å². The molecule has 1 aliphatic rings. The van der Waals surface area contributed by atoms with Crippen LogP contribution >= 0.6 is 12.4 Å². The van der Waals surface area contributed by atoms with E-state index in [4.69, 9.17) is 5.11 Å². The molecule has 0 saturated carbocycles. The summed E-state index contributed by atoms with van der Waals surface area (Å²) in [5.41, 5.74) is 0. The number of carbonyl (C=O) groups is 1. The number of amides is 1. The smallest absolute Gasteiger partial charge is 0.382 e. The van der Waals surface area contributed by atoms with Crippen LogP contribution in [0.4, 0.5) is 13.2 Å². The third kappa shape index (κ3) is 6.42. The molecule has 0 aromatic heterocycles. The number of carbonyl (C=O) groups excluding carboxylic acids is 1. The van der Waals surface area contributed by atoms with Crippen molar-refractivity contribution in [2.24, 2.45) is 0 Å². The Bertz CT molecular complexity index is 258. The van der Waals surface area contributed by atoms with Crippen LogP contribution in [-0.4, -0.2) is 42.4 Å². The molecule has 18 heavy (non-hydrogen) atoms. The van der Waals surface area contributed by atoms with E-state index in [0.717, 1.165) is 19.4 Å². The van der Waals surface area contributed by atoms with Crippen LogP contribution in [0.5, 0.6) is 0 Å². The van der Waals surface area contributed by atoms with Crippen LogP contribution in [0.1, 0.15) is 25.7 Å². The molecule has 1 fully saturated rings. The van der Waals surface area contributed by atoms with Crippen LogP contribution in [0.15, 0.2) is 0 Å². The number of aliphatic hydroxyl groups excluding tert-OH is 1. The zero-order valence-corrected chi connectivity index (χ0v) is 10.6. The SMILES string of the molecule is Cl.O=C(CCC1CCCN1)NCC(O)C(F)(F)F. The van der Waals surface area contributed by atoms with E-state index in [1.54, 1.807) is 0 Å². The maximum atomic E-state index is 11.9. The van der Waals surface area contributed by atoms with E-state index in [-0.39, 0.29) is 24.9 Å². The maximum absolute atomic E-state index is 11.9. The summed E-state index contributed by atoms with van der Waals surface area (Å²) in [5, 5.41) is 13.9. The highest BCUT2D eigenvalue weighted by atomic mass is 35.5. The fourth-order valence-corrected chi connectivity index (χ4v) is 1.72. The predicted octanol–water partition coefficient (Wildman–Crippen LogP) is 0.980. The molecule has 2 atom stereocenters. The summed E-state index contributed by atoms with van der Waals surface area (Å²) >= 11 is 0. The second-order valence-corrected chi connectivity index (χ2v) is 4.19. The minimum Gasteiger partial charge on any atom is -0.382 e. The van der Waals surface area contributed by atoms with E-state index in [9.17, 15) is 18.0 Å². The fraction of sp³-hybridized carbons (Fsp3) is 0.900. The largest absolute Gasteiger partial charge is 0.416 e. The van der Waals surface area contributed by atoms with Gasteiger partial charge in [-0.05, 0) is 25.8 Å². The van der Waals surface area contributed by atoms with Gasteiger partial charge in [0.15, 0.2) is 6.10 Å². The molecule has 108 valence electrons. The van der Waals surface area contributed by atoms with Gasteiger partial charge in [0.05, 0.1) is 6.54 Å². The van der Waals surface area contributed by atoms with Gasteiger partial charge in [0.2, 0.25) is 5.91 Å². The molecule has 4 nitrogen and oxygen atoms in total. The first kappa shape index (κ1) is 17.5. The Balaban J connectivity index is 0.00000289. The minimum atomic E-state index is -4.68. The number of halogens is 4. The first-order valence-electron chi connectivity index (χ1n) is 5.64. The molecule has 2 unspecified atom stereocenters. The molecule has 0 aromatic rings. The zero-order valence-electron chi connectivity index (χ0n) is 9.79. The average Bonchev–Trinajstić information content (AvgIpc) is 2.74. The normalized spacial score (nSPS) is 21.2. The third-order valence-corrected chi connectivity index (χ3v) is 2.75. The first-order chi connectivity index (χ1) is 7.89. The van der Waals surface area contributed by atoms with Gasteiger partial charge in [-0.1, -0.05) is 0 Å². The summed E-state index contributed by atoms with van der Waals surface area (Å²) in [4.78, 5) is 11.2. The minimum absolute atomic E-state index is 0. The van der Waals surface area contributed by atoms with E-state index < -0.39 is 24.7 Å². The Kier molecular flexibility index (Phi) is 7.58. The fourth-order valence-electron chi connectivity index (χ4n) is 1.72. The second-order valence-electron chi connectivity index (χ2n) is 4.19. The standard InChI is InChI=1S/C10H17F3N2O2.ClH/c11-10(12,13)8(16)6-15-9(17)4-3-7-2-1-5-14-7;/h7-8,14,16H,1-6H2,(H,15,17);1H. The van der Waals surface area contributed by atoms with Crippen molar-refractivity contribution < 1.29 is 23.1 Å². The van der Waals surface area contributed by atoms with Crippen LogP contribution in [0, 0.1) is 0 Å². The van der Waals surface area contributed by atoms with Gasteiger partial charge in [-0.3, -0.25) is 4.79 Å². The summed E-state index contributed by atoms with van der Waals surface area (Å²) < 4.78 is 35.8. The number of alkyl halides is 3. The molecule has 0 aromatic carbocycles. The molecule has 0 spiro atoms. The number of nitrogens with one attached hydrogen (secondary N) is 2. The second kappa shape index (κ2) is 7.81. The molecule has 1 rings (SSSR count). The van der Waals surface area contributed by atoms with Crippen molar-refractivity contribution in [3.8, 4) is 0 Å². The van der Waals surface area contributed by atoms with Crippen LogP contribution in [-0.2, 0) is 4.79 Å². The number of rotatable bonds is 5. The monoisotopic (exact) mass is 290 g/mol. The van der Waals surface area contributed by atoms with Gasteiger partial charge in [-0.25, -0.2) is 0 Å². The quantitative estimate of drug-likeness (QED) is 0.707. The predicted molar refractivity (Wildman–Crippen MR) is 62.6 cm³/mol. The molecule has 8 heteroatoms. The molecule has 0 aliphatic carbocycles. The van der Waals surface area contributed by atoms with Gasteiger partial charge < -0.3 is 15.7 Å². The first-order valence-corrected chi connectivity index (χ1v) is 5.64. The summed E-state index contributed by atoms with van der Waals surface area (Å²) in [6, 6.07) is 0.285. The van der Waals surface area contributed by atoms with Crippen molar-refractivity contribution >= 4 is 18.3 Å². The number of aliphatic hydroxyl groups is 1. The van der Waals surface area contributed by atoms with E-state index >= 15 is 0 Å². The van der Waals surface area contributed by atoms with E-state index in [1.807, 2.05) is 0 Å². The molecule has 3 N–H and O–H groups in total. The van der Waals surface area contributed by atoms with Crippen LogP contribution in [0.2, 0.25) is 0 Å². The van der Waals surface area contributed by atoms with Gasteiger partial charge in [-0.2, -0.15) is 13.2 Å². The number of hydrogen-bond acceptors (Lipinski definition) is 3. The highest BCUT2D eigenvalue weighted by molar-refractivity contribution is 5.85. The Labute approximate surface area is 110 Å². The summed E-state index contributed by atoms with van der Waals surface area (Å²) in [6.45, 7) is 0.152. The van der Waals surface area contributed by atoms with E-state index in [0.29, 0.717) is 6.42 Å². The summed E-state index contributed by atoms with van der Waals surface area (Å²) in [6.07, 6.45) is -4.30. The van der Waals surface area contributed by atoms with Gasteiger partial charge in [0.1, 0.15) is 0 Å². The van der Waals surface area contributed by atoms with Gasteiger partial charge in [0.25, 0.3) is 0 Å². The maximum Gasteiger partial charge on any atom is 0.416 e. The number of hydrogen-bond donors (Lipinski definition) is 3. The third-order valence-electron chi connectivity index (χ3n) is 2.75. The summed E-state index contributed by atoms with van der Waals surface area (Å²) in [7, 11) is 0. The highest BCUT2D eigenvalue weighted by Crippen LogP contribution is 2.19. The van der Waals surface area contributed by atoms with E-state index in [2.05, 4.69) is 10.6 Å². The van der Waals surface area contributed by atoms with Crippen molar-refractivity contribution in [1.82, 2.24) is 10.6 Å². The lowest BCUT2D eigenvalue weighted by Gasteiger charge is -2.15. The molecular formula is C10H18ClF3N2O2. The average molecular weight is 291 g/mol. The van der Waals surface area contributed by atoms with Crippen molar-refractivity contribution in [3.05, 3.63) is 0 Å². The van der Waals surface area contributed by atoms with Crippen molar-refractivity contribution in [3.63, 3.8) is 0 Å². The lowest BCUT2D eigenvalue weighted by atomic mass is 10.1. The van der Waals surface area contributed by atoms with Crippen molar-refractivity contribution in [2.75, 3.05) is 13.1 Å². The molecule has 1 amide bonds. The molecule has 0 radical (unpaired) electrons. The molecule has 0 bridgehead atoms. The molecule has 1 aliphatic heterocycles. The molecule has 1 saturated heterocycles. The Morgan fingerprint density at radius 1 is 1.50 bits per heavy atom. The van der Waals surface area contributed by atoms with Crippen molar-refractivity contribution in [1.29, 1.82) is 0 Å². The highest BCUT2D eigenvalue weighted by Gasteiger charge is 2.38. The van der Waals surface area contributed by atoms with Crippen LogP contribution in [0.25, 0.3) is 0 Å². The van der Waals surface area contributed by atoms with Gasteiger partial charge in [0, 0.05) is 12.5 Å². The summed E-state index contributed by atoms with van der Waals surface area (Å²) in [5.74, 6) is -0.456. The van der Waals surface area contributed by atoms with Gasteiger partial charge >= 0.3 is 6.18 Å². The lowest BCUT2D eigenvalue weighted by molar-refractivity contribution is -0.201. The van der Waals surface area contributed by atoms with Gasteiger partial charge in [-0.15, -0.1) is 12.4 Å². The molecule has 1 heterocycles. The Hall–Kier alpha value is -0.530. The van der Waals surface area contributed by atoms with Crippen LogP contribution in [0.3, 0.4) is 0 Å². The van der Waals surface area contributed by atoms with Crippen molar-refractivity contribution in [2.45, 2.75) is 44.0 Å². The zero-order chi connectivity index (χ0) is 12.9. The Morgan fingerprint density at radius 2 is 2.17 bits per heavy atom. The Morgan fingerprint density at radius 3 is 2.67 bits per heavy atom. The molecular weight excluding hydrogens is 273 g/mol. The van der Waals surface area contributed by atoms with E-state index in [1.165, 1.54) is 0 Å².